The van der Waals surface area contributed by atoms with Crippen LogP contribution in [0, 0.1) is 11.3 Å². The van der Waals surface area contributed by atoms with Gasteiger partial charge in [-0.15, -0.1) is 0 Å². The normalized spacial score (nSPS) is 10.0. The lowest BCUT2D eigenvalue weighted by molar-refractivity contribution is 0.182. The molecule has 0 bridgehead atoms. The summed E-state index contributed by atoms with van der Waals surface area (Å²) in [6, 6.07) is 7.07. The van der Waals surface area contributed by atoms with E-state index >= 15 is 0 Å². The Morgan fingerprint density at radius 1 is 1.44 bits per heavy atom. The summed E-state index contributed by atoms with van der Waals surface area (Å²) in [6.45, 7) is 0.276. The Morgan fingerprint density at radius 2 is 2.17 bits per heavy atom. The Bertz CT molecular complexity index is 642. The second-order valence-electron chi connectivity index (χ2n) is 3.69. The fourth-order valence-corrected chi connectivity index (χ4v) is 1.70. The van der Waals surface area contributed by atoms with E-state index in [1.807, 2.05) is 18.2 Å². The number of ether oxygens (including phenoxy) is 1. The van der Waals surface area contributed by atoms with Gasteiger partial charge in [0.05, 0.1) is 12.3 Å². The monoisotopic (exact) mass is 241 g/mol. The average Bonchev–Trinajstić information content (AvgIpc) is 2.40. The molecule has 0 saturated heterocycles. The Kier molecular flexibility index (Phi) is 3.51. The van der Waals surface area contributed by atoms with E-state index in [0.717, 1.165) is 11.1 Å². The van der Waals surface area contributed by atoms with E-state index in [9.17, 15) is 4.79 Å². The van der Waals surface area contributed by atoms with Gasteiger partial charge in [-0.2, -0.15) is 5.26 Å². The molecule has 0 unspecified atom stereocenters. The van der Waals surface area contributed by atoms with Gasteiger partial charge in [0.2, 0.25) is 0 Å². The molecule has 2 heterocycles. The third-order valence-corrected chi connectivity index (χ3v) is 2.52. The smallest absolute Gasteiger partial charge is 0.266 e. The van der Waals surface area contributed by atoms with Crippen molar-refractivity contribution in [3.63, 3.8) is 0 Å². The van der Waals surface area contributed by atoms with E-state index in [0.29, 0.717) is 5.69 Å². The zero-order chi connectivity index (χ0) is 13.0. The lowest BCUT2D eigenvalue weighted by Crippen LogP contribution is -2.14. The average molecular weight is 241 g/mol. The molecule has 0 spiro atoms. The van der Waals surface area contributed by atoms with Gasteiger partial charge in [-0.1, -0.05) is 0 Å². The molecule has 0 saturated carbocycles. The second-order valence-corrected chi connectivity index (χ2v) is 3.69. The Hall–Kier alpha value is -2.45. The molecular formula is C13H11N3O2. The van der Waals surface area contributed by atoms with Gasteiger partial charge in [-0.25, -0.2) is 0 Å². The van der Waals surface area contributed by atoms with Crippen molar-refractivity contribution in [2.45, 2.75) is 6.61 Å². The number of nitrogens with zero attached hydrogens (tertiary/aromatic N) is 2. The minimum atomic E-state index is -0.401. The molecule has 5 nitrogen and oxygen atoms in total. The first kappa shape index (κ1) is 12.0. The van der Waals surface area contributed by atoms with Crippen LogP contribution in [0.25, 0.3) is 11.1 Å². The molecule has 90 valence electrons. The summed E-state index contributed by atoms with van der Waals surface area (Å²) in [5.41, 5.74) is 1.98. The third kappa shape index (κ3) is 2.29. The van der Waals surface area contributed by atoms with E-state index in [4.69, 9.17) is 10.00 Å². The van der Waals surface area contributed by atoms with E-state index in [1.165, 1.54) is 0 Å². The first-order valence-corrected chi connectivity index (χ1v) is 5.32. The Morgan fingerprint density at radius 3 is 2.78 bits per heavy atom. The first-order valence-electron chi connectivity index (χ1n) is 5.32. The fraction of sp³-hybridized carbons (Fsp3) is 0.154. The van der Waals surface area contributed by atoms with Gasteiger partial charge in [0.15, 0.2) is 0 Å². The molecule has 0 aliphatic carbocycles. The molecule has 0 aromatic carbocycles. The molecule has 0 fully saturated rings. The van der Waals surface area contributed by atoms with Crippen molar-refractivity contribution in [3.8, 4) is 17.2 Å². The molecule has 18 heavy (non-hydrogen) atoms. The number of aromatic amines is 1. The summed E-state index contributed by atoms with van der Waals surface area (Å²) in [5, 5.41) is 8.90. The predicted molar refractivity (Wildman–Crippen MR) is 65.7 cm³/mol. The molecule has 0 aliphatic rings. The van der Waals surface area contributed by atoms with E-state index in [1.54, 1.807) is 25.6 Å². The highest BCUT2D eigenvalue weighted by atomic mass is 16.5. The molecule has 1 N–H and O–H groups in total. The van der Waals surface area contributed by atoms with Crippen molar-refractivity contribution in [1.82, 2.24) is 9.97 Å². The van der Waals surface area contributed by atoms with Gasteiger partial charge >= 0.3 is 0 Å². The molecule has 2 aromatic rings. The molecule has 0 radical (unpaired) electrons. The van der Waals surface area contributed by atoms with Crippen molar-refractivity contribution in [2.24, 2.45) is 0 Å². The largest absolute Gasteiger partial charge is 0.378 e. The number of hydrogen-bond acceptors (Lipinski definition) is 4. The molecule has 2 rings (SSSR count). The van der Waals surface area contributed by atoms with Crippen LogP contribution in [0.3, 0.4) is 0 Å². The van der Waals surface area contributed by atoms with Gasteiger partial charge in [0.25, 0.3) is 5.56 Å². The predicted octanol–water partition coefficient (Wildman–Crippen LogP) is 1.45. The zero-order valence-electron chi connectivity index (χ0n) is 9.80. The van der Waals surface area contributed by atoms with Crippen molar-refractivity contribution in [1.29, 1.82) is 5.26 Å². The third-order valence-electron chi connectivity index (χ3n) is 2.52. The van der Waals surface area contributed by atoms with Crippen molar-refractivity contribution < 1.29 is 4.74 Å². The SMILES string of the molecule is COCc1[nH]c(=O)c(C#N)cc1-c1ccncc1. The fourth-order valence-electron chi connectivity index (χ4n) is 1.70. The number of methoxy groups -OCH3 is 1. The standard InChI is InChI=1S/C13H11N3O2/c1-18-8-12-11(9-2-4-15-5-3-9)6-10(7-14)13(17)16-12/h2-6H,8H2,1H3,(H,16,17). The number of pyridine rings is 2. The van der Waals surface area contributed by atoms with Crippen LogP contribution >= 0.6 is 0 Å². The van der Waals surface area contributed by atoms with Crippen LogP contribution in [-0.4, -0.2) is 17.1 Å². The summed E-state index contributed by atoms with van der Waals surface area (Å²) >= 11 is 0. The van der Waals surface area contributed by atoms with Gasteiger partial charge in [-0.05, 0) is 23.8 Å². The quantitative estimate of drug-likeness (QED) is 0.882. The molecule has 0 amide bonds. The first-order chi connectivity index (χ1) is 8.76. The molecule has 0 aliphatic heterocycles. The number of nitrogens with one attached hydrogen (secondary N) is 1. The number of H-pyrrole nitrogens is 1. The second kappa shape index (κ2) is 5.25. The summed E-state index contributed by atoms with van der Waals surface area (Å²) in [6.07, 6.45) is 3.31. The lowest BCUT2D eigenvalue weighted by atomic mass is 10.0. The minimum Gasteiger partial charge on any atom is -0.378 e. The van der Waals surface area contributed by atoms with Crippen molar-refractivity contribution in [2.75, 3.05) is 7.11 Å². The van der Waals surface area contributed by atoms with Crippen LogP contribution in [0.15, 0.2) is 35.4 Å². The van der Waals surface area contributed by atoms with Crippen LogP contribution in [0.2, 0.25) is 0 Å². The topological polar surface area (TPSA) is 78.8 Å². The van der Waals surface area contributed by atoms with E-state index < -0.39 is 5.56 Å². The van der Waals surface area contributed by atoms with Crippen molar-refractivity contribution >= 4 is 0 Å². The minimum absolute atomic E-state index is 0.0849. The number of aromatic nitrogens is 2. The highest BCUT2D eigenvalue weighted by Crippen LogP contribution is 2.21. The number of rotatable bonds is 3. The van der Waals surface area contributed by atoms with Crippen molar-refractivity contribution in [3.05, 3.63) is 52.2 Å². The van der Waals surface area contributed by atoms with Gasteiger partial charge in [0.1, 0.15) is 11.6 Å². The van der Waals surface area contributed by atoms with Crippen LogP contribution < -0.4 is 5.56 Å². The molecule has 2 aromatic heterocycles. The highest BCUT2D eigenvalue weighted by molar-refractivity contribution is 5.66. The highest BCUT2D eigenvalue weighted by Gasteiger charge is 2.10. The zero-order valence-corrected chi connectivity index (χ0v) is 9.80. The van der Waals surface area contributed by atoms with Gasteiger partial charge in [0, 0.05) is 25.1 Å². The van der Waals surface area contributed by atoms with Gasteiger partial charge < -0.3 is 9.72 Å². The molecule has 5 heteroatoms. The number of nitriles is 1. The number of hydrogen-bond donors (Lipinski definition) is 1. The maximum Gasteiger partial charge on any atom is 0.266 e. The van der Waals surface area contributed by atoms with E-state index in [-0.39, 0.29) is 12.2 Å². The van der Waals surface area contributed by atoms with Crippen LogP contribution in [0.1, 0.15) is 11.3 Å². The lowest BCUT2D eigenvalue weighted by Gasteiger charge is -2.08. The van der Waals surface area contributed by atoms with Crippen LogP contribution in [0.4, 0.5) is 0 Å². The van der Waals surface area contributed by atoms with Crippen LogP contribution in [0.5, 0.6) is 0 Å². The summed E-state index contributed by atoms with van der Waals surface area (Å²) in [7, 11) is 1.55. The van der Waals surface area contributed by atoms with Crippen LogP contribution in [-0.2, 0) is 11.3 Å². The maximum absolute atomic E-state index is 11.6. The van der Waals surface area contributed by atoms with E-state index in [2.05, 4.69) is 9.97 Å². The Labute approximate surface area is 104 Å². The summed E-state index contributed by atoms with van der Waals surface area (Å²) in [4.78, 5) is 18.2. The Balaban J connectivity index is 2.64. The summed E-state index contributed by atoms with van der Waals surface area (Å²) < 4.78 is 5.05. The molecular weight excluding hydrogens is 230 g/mol. The molecule has 0 atom stereocenters. The maximum atomic E-state index is 11.6. The van der Waals surface area contributed by atoms with Gasteiger partial charge in [-0.3, -0.25) is 9.78 Å². The summed E-state index contributed by atoms with van der Waals surface area (Å²) in [5.74, 6) is 0.